The van der Waals surface area contributed by atoms with Crippen molar-refractivity contribution in [3.05, 3.63) is 47.0 Å². The molecule has 0 aliphatic carbocycles. The van der Waals surface area contributed by atoms with Crippen LogP contribution in [0.5, 0.6) is 11.5 Å². The number of carbonyl (C=O) groups is 1. The predicted octanol–water partition coefficient (Wildman–Crippen LogP) is 4.99. The van der Waals surface area contributed by atoms with Gasteiger partial charge in [0.1, 0.15) is 11.3 Å². The lowest BCUT2D eigenvalue weighted by Gasteiger charge is -2.15. The number of ether oxygens (including phenoxy) is 3. The fourth-order valence-electron chi connectivity index (χ4n) is 2.75. The average molecular weight is 526 g/mol. The monoisotopic (exact) mass is 524 g/mol. The van der Waals surface area contributed by atoms with Crippen molar-refractivity contribution in [3.8, 4) is 22.6 Å². The van der Waals surface area contributed by atoms with Crippen molar-refractivity contribution >= 4 is 58.2 Å². The van der Waals surface area contributed by atoms with E-state index in [1.54, 1.807) is 13.0 Å². The molecule has 0 amide bonds. The number of rotatable bonds is 5. The Morgan fingerprint density at radius 3 is 2.16 bits per heavy atom. The lowest BCUT2D eigenvalue weighted by molar-refractivity contribution is 0.0528. The van der Waals surface area contributed by atoms with E-state index in [2.05, 4.69) is 31.3 Å². The Morgan fingerprint density at radius 1 is 1.06 bits per heavy atom. The van der Waals surface area contributed by atoms with E-state index in [9.17, 15) is 4.79 Å². The second-order valence-corrected chi connectivity index (χ2v) is 9.84. The Labute approximate surface area is 197 Å². The highest BCUT2D eigenvalue weighted by Crippen LogP contribution is 2.43. The standard InChI is InChI=1S/C19H16ClFN2O4.Cl2O2S/c1-4-27-19(24)11-6-5-10(17-18(11)23-8-7-22-17)14-15(20)12(25-2)9-13(26-3)16(14)21;1-5(2,3)4/h5-9H,4H2,1-3H3;. The van der Waals surface area contributed by atoms with Crippen LogP contribution in [0.25, 0.3) is 22.2 Å². The smallest absolute Gasteiger partial charge is 0.340 e. The van der Waals surface area contributed by atoms with E-state index in [4.69, 9.17) is 34.2 Å². The SMILES string of the molecule is CCOC(=O)c1ccc(-c2c(F)c(OC)cc(OC)c2Cl)c2nccnc12.O=S(=O)(Cl)Cl. The molecule has 0 aliphatic rings. The Bertz CT molecular complexity index is 1220. The van der Waals surface area contributed by atoms with Crippen LogP contribution >= 0.6 is 33.0 Å². The fraction of sp³-hybridized carbons (Fsp3) is 0.211. The van der Waals surface area contributed by atoms with Crippen molar-refractivity contribution in [2.24, 2.45) is 0 Å². The summed E-state index contributed by atoms with van der Waals surface area (Å²) < 4.78 is 48.7. The molecule has 13 heteroatoms. The highest BCUT2D eigenvalue weighted by Gasteiger charge is 2.24. The lowest BCUT2D eigenvalue weighted by atomic mass is 9.99. The van der Waals surface area contributed by atoms with E-state index in [0.29, 0.717) is 11.1 Å². The molecule has 1 heterocycles. The summed E-state index contributed by atoms with van der Waals surface area (Å²) in [5.41, 5.74) is 1.22. The first-order chi connectivity index (χ1) is 15.0. The molecule has 8 nitrogen and oxygen atoms in total. The number of esters is 1. The van der Waals surface area contributed by atoms with Gasteiger partial charge in [0.25, 0.3) is 0 Å². The third kappa shape index (κ3) is 6.10. The maximum Gasteiger partial charge on any atom is 0.340 e. The Balaban J connectivity index is 0.000000654. The van der Waals surface area contributed by atoms with Crippen LogP contribution in [0.3, 0.4) is 0 Å². The van der Waals surface area contributed by atoms with Gasteiger partial charge in [-0.15, -0.1) is 0 Å². The van der Waals surface area contributed by atoms with Gasteiger partial charge in [-0.25, -0.2) is 9.18 Å². The van der Waals surface area contributed by atoms with E-state index in [0.717, 1.165) is 0 Å². The van der Waals surface area contributed by atoms with Gasteiger partial charge >= 0.3 is 14.2 Å². The quantitative estimate of drug-likeness (QED) is 0.339. The molecule has 0 bridgehead atoms. The van der Waals surface area contributed by atoms with Crippen molar-refractivity contribution in [2.75, 3.05) is 20.8 Å². The summed E-state index contributed by atoms with van der Waals surface area (Å²) in [6.45, 7) is 1.92. The number of fused-ring (bicyclic) bond motifs is 1. The molecule has 2 aromatic carbocycles. The number of hydrogen-bond donors (Lipinski definition) is 0. The van der Waals surface area contributed by atoms with Crippen molar-refractivity contribution < 1.29 is 31.8 Å². The lowest BCUT2D eigenvalue weighted by Crippen LogP contribution is -2.07. The normalized spacial score (nSPS) is 10.8. The molecule has 0 saturated heterocycles. The number of nitrogens with zero attached hydrogens (tertiary/aromatic N) is 2. The molecule has 0 saturated carbocycles. The third-order valence-electron chi connectivity index (χ3n) is 3.96. The minimum Gasteiger partial charge on any atom is -0.495 e. The van der Waals surface area contributed by atoms with Gasteiger partial charge in [0.2, 0.25) is 0 Å². The fourth-order valence-corrected chi connectivity index (χ4v) is 3.07. The maximum atomic E-state index is 15.0. The van der Waals surface area contributed by atoms with Crippen LogP contribution in [0.4, 0.5) is 4.39 Å². The summed E-state index contributed by atoms with van der Waals surface area (Å²) in [7, 11) is 7.58. The van der Waals surface area contributed by atoms with E-state index in [1.807, 2.05) is 0 Å². The van der Waals surface area contributed by atoms with Gasteiger partial charge in [0.05, 0.1) is 36.9 Å². The van der Waals surface area contributed by atoms with Gasteiger partial charge in [0.15, 0.2) is 11.6 Å². The van der Waals surface area contributed by atoms with Gasteiger partial charge in [-0.2, -0.15) is 8.42 Å². The summed E-state index contributed by atoms with van der Waals surface area (Å²) in [4.78, 5) is 20.7. The van der Waals surface area contributed by atoms with E-state index in [1.165, 1.54) is 38.7 Å². The third-order valence-corrected chi connectivity index (χ3v) is 4.34. The number of halogens is 4. The molecular weight excluding hydrogens is 510 g/mol. The highest BCUT2D eigenvalue weighted by atomic mass is 36.0. The summed E-state index contributed by atoms with van der Waals surface area (Å²) >= 11 is 6.37. The second-order valence-electron chi connectivity index (χ2n) is 5.80. The molecule has 0 spiro atoms. The van der Waals surface area contributed by atoms with E-state index in [-0.39, 0.29) is 39.8 Å². The molecule has 0 fully saturated rings. The van der Waals surface area contributed by atoms with Crippen LogP contribution in [0.1, 0.15) is 17.3 Å². The molecule has 0 aliphatic heterocycles. The predicted molar refractivity (Wildman–Crippen MR) is 120 cm³/mol. The van der Waals surface area contributed by atoms with Crippen LogP contribution in [0.2, 0.25) is 5.02 Å². The zero-order chi connectivity index (χ0) is 24.1. The highest BCUT2D eigenvalue weighted by molar-refractivity contribution is 8.31. The number of hydrogen-bond acceptors (Lipinski definition) is 8. The number of carbonyl (C=O) groups excluding carboxylic acids is 1. The molecule has 3 aromatic rings. The summed E-state index contributed by atoms with van der Waals surface area (Å²) in [5.74, 6) is -0.988. The Morgan fingerprint density at radius 2 is 1.62 bits per heavy atom. The number of benzene rings is 2. The van der Waals surface area contributed by atoms with Gasteiger partial charge in [-0.05, 0) is 13.0 Å². The van der Waals surface area contributed by atoms with Crippen LogP contribution in [0, 0.1) is 5.82 Å². The van der Waals surface area contributed by atoms with Crippen LogP contribution in [-0.2, 0) is 13.0 Å². The number of methoxy groups -OCH3 is 2. The van der Waals surface area contributed by atoms with E-state index < -0.39 is 20.1 Å². The first kappa shape index (κ1) is 25.9. The summed E-state index contributed by atoms with van der Waals surface area (Å²) in [5, 5.41) is 0.0617. The van der Waals surface area contributed by atoms with Crippen LogP contribution < -0.4 is 9.47 Å². The van der Waals surface area contributed by atoms with Gasteiger partial charge in [0, 0.05) is 51.0 Å². The largest absolute Gasteiger partial charge is 0.495 e. The average Bonchev–Trinajstić information content (AvgIpc) is 2.73. The summed E-state index contributed by atoms with van der Waals surface area (Å²) in [6.07, 6.45) is 2.89. The Hall–Kier alpha value is -2.40. The molecule has 3 rings (SSSR count). The minimum absolute atomic E-state index is 0.0299. The first-order valence-corrected chi connectivity index (χ1v) is 12.2. The Kier molecular flexibility index (Phi) is 8.85. The minimum atomic E-state index is -3.72. The van der Waals surface area contributed by atoms with Crippen LogP contribution in [0.15, 0.2) is 30.6 Å². The molecule has 32 heavy (non-hydrogen) atoms. The summed E-state index contributed by atoms with van der Waals surface area (Å²) in [6, 6.07) is 4.42. The van der Waals surface area contributed by atoms with Crippen LogP contribution in [-0.4, -0.2) is 45.2 Å². The van der Waals surface area contributed by atoms with Gasteiger partial charge in [-0.3, -0.25) is 9.97 Å². The number of aromatic nitrogens is 2. The first-order valence-electron chi connectivity index (χ1n) is 8.68. The topological polar surface area (TPSA) is 105 Å². The molecule has 0 N–H and O–H groups in total. The van der Waals surface area contributed by atoms with E-state index >= 15 is 4.39 Å². The van der Waals surface area contributed by atoms with Gasteiger partial charge < -0.3 is 14.2 Å². The molecule has 172 valence electrons. The molecule has 0 unspecified atom stereocenters. The molecule has 1 aromatic heterocycles. The molecular formula is C19H16Cl3FN2O6S. The molecule has 0 radical (unpaired) electrons. The molecule has 0 atom stereocenters. The zero-order valence-electron chi connectivity index (χ0n) is 16.9. The zero-order valence-corrected chi connectivity index (χ0v) is 19.9. The van der Waals surface area contributed by atoms with Crippen molar-refractivity contribution in [3.63, 3.8) is 0 Å². The van der Waals surface area contributed by atoms with Crippen molar-refractivity contribution in [1.29, 1.82) is 0 Å². The van der Waals surface area contributed by atoms with Crippen molar-refractivity contribution in [2.45, 2.75) is 6.92 Å². The van der Waals surface area contributed by atoms with Gasteiger partial charge in [-0.1, -0.05) is 17.7 Å². The maximum absolute atomic E-state index is 15.0. The van der Waals surface area contributed by atoms with Crippen molar-refractivity contribution in [1.82, 2.24) is 9.97 Å². The second kappa shape index (κ2) is 11.0.